The number of carbonyl (C=O) groups excluding carboxylic acids is 2. The van der Waals surface area contributed by atoms with Crippen molar-refractivity contribution < 1.29 is 14.3 Å². The molecule has 98 valence electrons. The average molecular weight is 249 g/mol. The number of Topliss-reactive ketones (excluding diaryl/α,β-unsaturated/α-hetero) is 1. The van der Waals surface area contributed by atoms with Gasteiger partial charge in [0.1, 0.15) is 6.04 Å². The van der Waals surface area contributed by atoms with Crippen molar-refractivity contribution in [1.82, 2.24) is 5.32 Å². The van der Waals surface area contributed by atoms with E-state index in [1.54, 1.807) is 6.92 Å². The van der Waals surface area contributed by atoms with Gasteiger partial charge >= 0.3 is 5.97 Å². The molecule has 0 spiro atoms. The van der Waals surface area contributed by atoms with Crippen LogP contribution in [0.15, 0.2) is 23.8 Å². The van der Waals surface area contributed by atoms with Crippen LogP contribution in [0.4, 0.5) is 0 Å². The van der Waals surface area contributed by atoms with E-state index < -0.39 is 6.04 Å². The first-order valence-electron chi connectivity index (χ1n) is 6.27. The Labute approximate surface area is 107 Å². The molecule has 2 aliphatic rings. The highest BCUT2D eigenvalue weighted by Crippen LogP contribution is 2.34. The Morgan fingerprint density at radius 1 is 1.44 bits per heavy atom. The molecule has 0 aromatic heterocycles. The molecule has 1 aliphatic carbocycles. The molecule has 2 bridgehead atoms. The minimum absolute atomic E-state index is 0.0237. The van der Waals surface area contributed by atoms with Gasteiger partial charge in [0.15, 0.2) is 5.78 Å². The Balaban J connectivity index is 2.34. The van der Waals surface area contributed by atoms with E-state index in [-0.39, 0.29) is 23.7 Å². The number of esters is 1. The Kier molecular flexibility index (Phi) is 3.66. The van der Waals surface area contributed by atoms with Crippen LogP contribution in [0.5, 0.6) is 0 Å². The predicted octanol–water partition coefficient (Wildman–Crippen LogP) is 1.23. The van der Waals surface area contributed by atoms with Gasteiger partial charge in [-0.05, 0) is 26.2 Å². The van der Waals surface area contributed by atoms with Gasteiger partial charge in [0.05, 0.1) is 7.11 Å². The van der Waals surface area contributed by atoms with Crippen LogP contribution in [0.25, 0.3) is 0 Å². The molecule has 1 saturated heterocycles. The third-order valence-electron chi connectivity index (χ3n) is 3.91. The quantitative estimate of drug-likeness (QED) is 0.748. The van der Waals surface area contributed by atoms with Gasteiger partial charge < -0.3 is 10.1 Å². The van der Waals surface area contributed by atoms with E-state index in [0.717, 1.165) is 6.42 Å². The topological polar surface area (TPSA) is 55.4 Å². The molecule has 1 N–H and O–H groups in total. The van der Waals surface area contributed by atoms with E-state index in [1.165, 1.54) is 7.11 Å². The van der Waals surface area contributed by atoms with Gasteiger partial charge in [-0.15, -0.1) is 0 Å². The minimum Gasteiger partial charge on any atom is -0.468 e. The summed E-state index contributed by atoms with van der Waals surface area (Å²) in [5, 5.41) is 3.28. The first kappa shape index (κ1) is 13.0. The molecular weight excluding hydrogens is 230 g/mol. The van der Waals surface area contributed by atoms with Crippen molar-refractivity contribution in [2.45, 2.75) is 32.4 Å². The summed E-state index contributed by atoms with van der Waals surface area (Å²) in [5.74, 6) is -0.00920. The van der Waals surface area contributed by atoms with E-state index in [2.05, 4.69) is 18.3 Å². The summed E-state index contributed by atoms with van der Waals surface area (Å²) in [6.07, 6.45) is 6.69. The van der Waals surface area contributed by atoms with E-state index in [1.807, 2.05) is 12.2 Å². The van der Waals surface area contributed by atoms with Crippen LogP contribution < -0.4 is 5.32 Å². The summed E-state index contributed by atoms with van der Waals surface area (Å²) in [6, 6.07) is -0.211. The van der Waals surface area contributed by atoms with Crippen LogP contribution in [0.1, 0.15) is 20.3 Å². The fraction of sp³-hybridized carbons (Fsp3) is 0.571. The minimum atomic E-state index is -0.420. The van der Waals surface area contributed by atoms with Crippen molar-refractivity contribution in [3.8, 4) is 0 Å². The molecule has 4 nitrogen and oxygen atoms in total. The van der Waals surface area contributed by atoms with Crippen molar-refractivity contribution in [3.05, 3.63) is 23.8 Å². The number of rotatable bonds is 2. The zero-order chi connectivity index (χ0) is 13.3. The second kappa shape index (κ2) is 5.06. The second-order valence-corrected chi connectivity index (χ2v) is 5.03. The first-order chi connectivity index (χ1) is 8.54. The van der Waals surface area contributed by atoms with Gasteiger partial charge in [-0.2, -0.15) is 0 Å². The van der Waals surface area contributed by atoms with Gasteiger partial charge in [0.25, 0.3) is 0 Å². The lowest BCUT2D eigenvalue weighted by molar-refractivity contribution is -0.145. The molecule has 1 heterocycles. The number of piperidine rings is 1. The SMILES string of the molecule is COC(=O)[C@H]1N[C@H](C)C2C=CC=C(C(C)=O)[C@@H]1C2. The third-order valence-corrected chi connectivity index (χ3v) is 3.91. The number of ether oxygens (including phenoxy) is 1. The van der Waals surface area contributed by atoms with E-state index in [0.29, 0.717) is 11.5 Å². The number of carbonyl (C=O) groups is 2. The highest BCUT2D eigenvalue weighted by atomic mass is 16.5. The van der Waals surface area contributed by atoms with Crippen LogP contribution in [-0.4, -0.2) is 30.9 Å². The molecule has 0 amide bonds. The molecule has 4 heteroatoms. The maximum atomic E-state index is 11.8. The molecule has 0 aromatic carbocycles. The van der Waals surface area contributed by atoms with Crippen LogP contribution in [-0.2, 0) is 14.3 Å². The molecular formula is C14H19NO3. The number of allylic oxidation sites excluding steroid dienone is 2. The lowest BCUT2D eigenvalue weighted by atomic mass is 9.77. The van der Waals surface area contributed by atoms with Crippen molar-refractivity contribution >= 4 is 11.8 Å². The monoisotopic (exact) mass is 249 g/mol. The zero-order valence-corrected chi connectivity index (χ0v) is 11.0. The summed E-state index contributed by atoms with van der Waals surface area (Å²) in [5.41, 5.74) is 0.712. The summed E-state index contributed by atoms with van der Waals surface area (Å²) in [4.78, 5) is 23.6. The highest BCUT2D eigenvalue weighted by molar-refractivity contribution is 5.95. The molecule has 1 fully saturated rings. The number of hydrogen-bond donors (Lipinski definition) is 1. The normalized spacial score (nSPS) is 34.5. The van der Waals surface area contributed by atoms with Crippen LogP contribution >= 0.6 is 0 Å². The predicted molar refractivity (Wildman–Crippen MR) is 67.9 cm³/mol. The summed E-state index contributed by atoms with van der Waals surface area (Å²) in [6.45, 7) is 3.60. The Hall–Kier alpha value is -1.42. The molecule has 2 rings (SSSR count). The highest BCUT2D eigenvalue weighted by Gasteiger charge is 2.41. The maximum Gasteiger partial charge on any atom is 0.323 e. The Morgan fingerprint density at radius 2 is 2.17 bits per heavy atom. The third kappa shape index (κ3) is 2.25. The standard InChI is InChI=1S/C14H19NO3/c1-8-10-5-4-6-11(9(2)16)12(7-10)13(15-8)14(17)18-3/h4-6,8,10,12-13,15H,7H2,1-3H3/t8-,10?,12+,13+/m1/s1. The van der Waals surface area contributed by atoms with Crippen molar-refractivity contribution in [3.63, 3.8) is 0 Å². The lowest BCUT2D eigenvalue weighted by Crippen LogP contribution is -2.55. The number of nitrogens with one attached hydrogen (secondary N) is 1. The molecule has 18 heavy (non-hydrogen) atoms. The fourth-order valence-electron chi connectivity index (χ4n) is 2.87. The number of methoxy groups -OCH3 is 1. The van der Waals surface area contributed by atoms with Gasteiger partial charge in [0.2, 0.25) is 0 Å². The lowest BCUT2D eigenvalue weighted by Gasteiger charge is -2.38. The summed E-state index contributed by atoms with van der Waals surface area (Å²) in [7, 11) is 1.38. The maximum absolute atomic E-state index is 11.8. The number of fused-ring (bicyclic) bond motifs is 2. The van der Waals surface area contributed by atoms with Crippen molar-refractivity contribution in [2.24, 2.45) is 11.8 Å². The second-order valence-electron chi connectivity index (χ2n) is 5.03. The van der Waals surface area contributed by atoms with E-state index in [4.69, 9.17) is 4.74 Å². The zero-order valence-electron chi connectivity index (χ0n) is 11.0. The molecule has 0 aromatic rings. The van der Waals surface area contributed by atoms with Crippen LogP contribution in [0, 0.1) is 11.8 Å². The van der Waals surface area contributed by atoms with Gasteiger partial charge in [0, 0.05) is 17.5 Å². The number of ketones is 1. The first-order valence-corrected chi connectivity index (χ1v) is 6.27. The Morgan fingerprint density at radius 3 is 2.78 bits per heavy atom. The molecule has 4 atom stereocenters. The van der Waals surface area contributed by atoms with Crippen molar-refractivity contribution in [1.29, 1.82) is 0 Å². The van der Waals surface area contributed by atoms with E-state index >= 15 is 0 Å². The average Bonchev–Trinajstić information content (AvgIpc) is 2.53. The van der Waals surface area contributed by atoms with Gasteiger partial charge in [-0.25, -0.2) is 0 Å². The van der Waals surface area contributed by atoms with E-state index in [9.17, 15) is 9.59 Å². The van der Waals surface area contributed by atoms with Gasteiger partial charge in [-0.3, -0.25) is 9.59 Å². The summed E-state index contributed by atoms with van der Waals surface area (Å²) < 4.78 is 4.84. The van der Waals surface area contributed by atoms with Crippen LogP contribution in [0.3, 0.4) is 0 Å². The molecule has 1 aliphatic heterocycles. The molecule has 1 unspecified atom stereocenters. The van der Waals surface area contributed by atoms with Gasteiger partial charge in [-0.1, -0.05) is 18.2 Å². The van der Waals surface area contributed by atoms with Crippen LogP contribution in [0.2, 0.25) is 0 Å². The summed E-state index contributed by atoms with van der Waals surface area (Å²) >= 11 is 0. The molecule has 0 saturated carbocycles. The fourth-order valence-corrected chi connectivity index (χ4v) is 2.87. The largest absolute Gasteiger partial charge is 0.468 e. The van der Waals surface area contributed by atoms with Crippen molar-refractivity contribution in [2.75, 3.05) is 7.11 Å². The molecule has 0 radical (unpaired) electrons. The Bertz CT molecular complexity index is 425. The smallest absolute Gasteiger partial charge is 0.323 e. The number of hydrogen-bond acceptors (Lipinski definition) is 4.